The minimum atomic E-state index is -2.98. The number of hydrogen-bond donors (Lipinski definition) is 2. The van der Waals surface area contributed by atoms with Gasteiger partial charge in [-0.1, -0.05) is 18.2 Å². The highest BCUT2D eigenvalue weighted by Gasteiger charge is 2.12. The van der Waals surface area contributed by atoms with Gasteiger partial charge in [0.1, 0.15) is 11.6 Å². The second-order valence-electron chi connectivity index (χ2n) is 4.68. The topological polar surface area (TPSA) is 58.6 Å². The number of benzene rings is 2. The van der Waals surface area contributed by atoms with Crippen molar-refractivity contribution in [2.24, 2.45) is 0 Å². The van der Waals surface area contributed by atoms with Crippen LogP contribution in [-0.4, -0.2) is 24.2 Å². The number of hydrogen-bond acceptors (Lipinski definition) is 3. The lowest BCUT2D eigenvalue weighted by molar-refractivity contribution is -0.0498. The maximum absolute atomic E-state index is 12.8. The molecule has 0 aliphatic rings. The van der Waals surface area contributed by atoms with Crippen molar-refractivity contribution in [1.29, 1.82) is 0 Å². The maximum atomic E-state index is 12.8. The van der Waals surface area contributed by atoms with Crippen molar-refractivity contribution in [2.75, 3.05) is 6.54 Å². The zero-order chi connectivity index (χ0) is 16.8. The van der Waals surface area contributed by atoms with Gasteiger partial charge in [0.05, 0.1) is 6.10 Å². The summed E-state index contributed by atoms with van der Waals surface area (Å²) in [5.74, 6) is -1.11. The standard InChI is InChI=1S/C16H14F3NO3/c17-12-6-4-10(5-7-12)14(21)9-20-15(22)11-2-1-3-13(8-11)23-16(18)19/h1-8,14,16,21H,9H2,(H,20,22). The summed E-state index contributed by atoms with van der Waals surface area (Å²) < 4.78 is 41.3. The molecule has 0 bridgehead atoms. The highest BCUT2D eigenvalue weighted by Crippen LogP contribution is 2.16. The molecule has 0 fully saturated rings. The Morgan fingerprint density at radius 2 is 1.87 bits per heavy atom. The van der Waals surface area contributed by atoms with Gasteiger partial charge in [-0.15, -0.1) is 0 Å². The summed E-state index contributed by atoms with van der Waals surface area (Å²) in [5, 5.41) is 12.4. The van der Waals surface area contributed by atoms with E-state index in [1.54, 1.807) is 0 Å². The van der Waals surface area contributed by atoms with E-state index in [-0.39, 0.29) is 17.9 Å². The summed E-state index contributed by atoms with van der Waals surface area (Å²) in [4.78, 5) is 11.9. The van der Waals surface area contributed by atoms with E-state index in [4.69, 9.17) is 0 Å². The Morgan fingerprint density at radius 1 is 1.17 bits per heavy atom. The Kier molecular flexibility index (Phi) is 5.59. The van der Waals surface area contributed by atoms with Gasteiger partial charge >= 0.3 is 6.61 Å². The predicted molar refractivity (Wildman–Crippen MR) is 76.8 cm³/mol. The lowest BCUT2D eigenvalue weighted by Gasteiger charge is -2.13. The SMILES string of the molecule is O=C(NCC(O)c1ccc(F)cc1)c1cccc(OC(F)F)c1. The number of aliphatic hydroxyl groups is 1. The first kappa shape index (κ1) is 16.8. The monoisotopic (exact) mass is 325 g/mol. The molecule has 1 amide bonds. The average Bonchev–Trinajstić information content (AvgIpc) is 2.52. The van der Waals surface area contributed by atoms with E-state index in [9.17, 15) is 23.1 Å². The summed E-state index contributed by atoms with van der Waals surface area (Å²) in [5.41, 5.74) is 0.566. The lowest BCUT2D eigenvalue weighted by atomic mass is 10.1. The Balaban J connectivity index is 1.95. The fraction of sp³-hybridized carbons (Fsp3) is 0.188. The van der Waals surface area contributed by atoms with Crippen LogP contribution in [0.2, 0.25) is 0 Å². The Bertz CT molecular complexity index is 662. The third-order valence-corrected chi connectivity index (χ3v) is 3.03. The molecule has 0 saturated carbocycles. The molecule has 0 aliphatic heterocycles. The Labute approximate surface area is 130 Å². The largest absolute Gasteiger partial charge is 0.435 e. The number of carbonyl (C=O) groups is 1. The van der Waals surface area contributed by atoms with Crippen LogP contribution in [-0.2, 0) is 0 Å². The van der Waals surface area contributed by atoms with E-state index < -0.39 is 24.4 Å². The van der Waals surface area contributed by atoms with Crippen LogP contribution in [0.3, 0.4) is 0 Å². The molecule has 1 atom stereocenters. The van der Waals surface area contributed by atoms with Gasteiger partial charge in [-0.3, -0.25) is 4.79 Å². The van der Waals surface area contributed by atoms with Crippen LogP contribution >= 0.6 is 0 Å². The fourth-order valence-electron chi connectivity index (χ4n) is 1.91. The molecule has 1 unspecified atom stereocenters. The second kappa shape index (κ2) is 7.64. The molecule has 23 heavy (non-hydrogen) atoms. The van der Waals surface area contributed by atoms with Crippen molar-refractivity contribution in [3.63, 3.8) is 0 Å². The van der Waals surface area contributed by atoms with Crippen molar-refractivity contribution in [3.05, 3.63) is 65.5 Å². The normalized spacial score (nSPS) is 12.0. The molecule has 0 saturated heterocycles. The van der Waals surface area contributed by atoms with Crippen molar-refractivity contribution >= 4 is 5.91 Å². The predicted octanol–water partition coefficient (Wildman–Crippen LogP) is 2.89. The first-order valence-electron chi connectivity index (χ1n) is 6.72. The van der Waals surface area contributed by atoms with Gasteiger partial charge in [0.15, 0.2) is 0 Å². The average molecular weight is 325 g/mol. The van der Waals surface area contributed by atoms with Gasteiger partial charge in [-0.05, 0) is 35.9 Å². The number of alkyl halides is 2. The van der Waals surface area contributed by atoms with E-state index in [0.717, 1.165) is 0 Å². The number of ether oxygens (including phenoxy) is 1. The van der Waals surface area contributed by atoms with Crippen LogP contribution in [0.25, 0.3) is 0 Å². The third kappa shape index (κ3) is 5.00. The summed E-state index contributed by atoms with van der Waals surface area (Å²) in [7, 11) is 0. The van der Waals surface area contributed by atoms with Crippen LogP contribution in [0.1, 0.15) is 22.0 Å². The van der Waals surface area contributed by atoms with Crippen molar-refractivity contribution in [1.82, 2.24) is 5.32 Å². The van der Waals surface area contributed by atoms with E-state index in [1.807, 2.05) is 0 Å². The van der Waals surface area contributed by atoms with E-state index >= 15 is 0 Å². The van der Waals surface area contributed by atoms with E-state index in [0.29, 0.717) is 5.56 Å². The van der Waals surface area contributed by atoms with Gasteiger partial charge in [0, 0.05) is 12.1 Å². The quantitative estimate of drug-likeness (QED) is 0.858. The molecule has 0 spiro atoms. The molecule has 122 valence electrons. The number of amides is 1. The molecule has 2 N–H and O–H groups in total. The third-order valence-electron chi connectivity index (χ3n) is 3.03. The van der Waals surface area contributed by atoms with E-state index in [1.165, 1.54) is 48.5 Å². The molecular formula is C16H14F3NO3. The molecule has 2 rings (SSSR count). The highest BCUT2D eigenvalue weighted by molar-refractivity contribution is 5.94. The van der Waals surface area contributed by atoms with Crippen molar-refractivity contribution < 1.29 is 27.8 Å². The zero-order valence-electron chi connectivity index (χ0n) is 11.9. The van der Waals surface area contributed by atoms with Gasteiger partial charge in [-0.2, -0.15) is 8.78 Å². The summed E-state index contributed by atoms with van der Waals surface area (Å²) in [6.45, 7) is -3.08. The highest BCUT2D eigenvalue weighted by atomic mass is 19.3. The zero-order valence-corrected chi connectivity index (χ0v) is 11.9. The number of carbonyl (C=O) groups excluding carboxylic acids is 1. The minimum Gasteiger partial charge on any atom is -0.435 e. The van der Waals surface area contributed by atoms with Crippen molar-refractivity contribution in [2.45, 2.75) is 12.7 Å². The summed E-state index contributed by atoms with van der Waals surface area (Å²) in [6, 6.07) is 10.5. The number of rotatable bonds is 6. The van der Waals surface area contributed by atoms with Crippen LogP contribution in [0, 0.1) is 5.82 Å². The molecular weight excluding hydrogens is 311 g/mol. The Morgan fingerprint density at radius 3 is 2.52 bits per heavy atom. The van der Waals surface area contributed by atoms with Crippen LogP contribution < -0.4 is 10.1 Å². The minimum absolute atomic E-state index is 0.107. The van der Waals surface area contributed by atoms with Gasteiger partial charge in [-0.25, -0.2) is 4.39 Å². The summed E-state index contributed by atoms with van der Waals surface area (Å²) in [6.07, 6.45) is -1.01. The van der Waals surface area contributed by atoms with Gasteiger partial charge in [0.25, 0.3) is 5.91 Å². The first-order valence-corrected chi connectivity index (χ1v) is 6.72. The molecule has 0 heterocycles. The van der Waals surface area contributed by atoms with Crippen LogP contribution in [0.4, 0.5) is 13.2 Å². The van der Waals surface area contributed by atoms with Gasteiger partial charge < -0.3 is 15.2 Å². The lowest BCUT2D eigenvalue weighted by Crippen LogP contribution is -2.28. The molecule has 0 aromatic heterocycles. The molecule has 4 nitrogen and oxygen atoms in total. The molecule has 2 aromatic rings. The smallest absolute Gasteiger partial charge is 0.387 e. The van der Waals surface area contributed by atoms with Crippen molar-refractivity contribution in [3.8, 4) is 5.75 Å². The molecule has 0 aliphatic carbocycles. The van der Waals surface area contributed by atoms with Crippen LogP contribution in [0.5, 0.6) is 5.75 Å². The van der Waals surface area contributed by atoms with Gasteiger partial charge in [0.2, 0.25) is 0 Å². The maximum Gasteiger partial charge on any atom is 0.387 e. The number of nitrogens with one attached hydrogen (secondary N) is 1. The van der Waals surface area contributed by atoms with E-state index in [2.05, 4.69) is 10.1 Å². The Hall–Kier alpha value is -2.54. The number of halogens is 3. The second-order valence-corrected chi connectivity index (χ2v) is 4.68. The molecule has 0 radical (unpaired) electrons. The first-order chi connectivity index (χ1) is 11.0. The molecule has 7 heteroatoms. The molecule has 2 aromatic carbocycles. The van der Waals surface area contributed by atoms with Crippen LogP contribution in [0.15, 0.2) is 48.5 Å². The number of aliphatic hydroxyl groups excluding tert-OH is 1. The summed E-state index contributed by atoms with van der Waals surface area (Å²) >= 11 is 0. The fourth-order valence-corrected chi connectivity index (χ4v) is 1.91.